The first-order chi connectivity index (χ1) is 13.0. The molecule has 4 N–H and O–H groups in total. The standard InChI is InChI=1S/C22H27N3O2/c1-16-7-9-17(10-8-16)14-24-20(26)19-6-4-5-18(13-19)15-25-21(27)22(23)11-2-3-12-22/h4-10,13H,2-3,11-12,14-15,23H2,1H3,(H,24,26)(H,25,27). The summed E-state index contributed by atoms with van der Waals surface area (Å²) in [5, 5.41) is 5.85. The molecule has 1 saturated carbocycles. The summed E-state index contributed by atoms with van der Waals surface area (Å²) in [7, 11) is 0. The van der Waals surface area contributed by atoms with Crippen molar-refractivity contribution in [3.8, 4) is 0 Å². The molecule has 2 aromatic rings. The second kappa shape index (κ2) is 8.35. The SMILES string of the molecule is Cc1ccc(CNC(=O)c2cccc(CNC(=O)C3(N)CCCC3)c2)cc1. The minimum Gasteiger partial charge on any atom is -0.350 e. The van der Waals surface area contributed by atoms with Crippen LogP contribution in [-0.4, -0.2) is 17.4 Å². The van der Waals surface area contributed by atoms with Crippen molar-refractivity contribution in [2.75, 3.05) is 0 Å². The minimum absolute atomic E-state index is 0.103. The molecule has 0 bridgehead atoms. The fraction of sp³-hybridized carbons (Fsp3) is 0.364. The van der Waals surface area contributed by atoms with Crippen LogP contribution in [0, 0.1) is 6.92 Å². The molecule has 0 atom stereocenters. The van der Waals surface area contributed by atoms with Gasteiger partial charge >= 0.3 is 0 Å². The first kappa shape index (κ1) is 19.1. The number of hydrogen-bond acceptors (Lipinski definition) is 3. The second-order valence-electron chi connectivity index (χ2n) is 7.41. The molecular formula is C22H27N3O2. The average Bonchev–Trinajstić information content (AvgIpc) is 3.13. The Morgan fingerprint density at radius 2 is 1.63 bits per heavy atom. The third kappa shape index (κ3) is 4.95. The van der Waals surface area contributed by atoms with E-state index in [1.165, 1.54) is 5.56 Å². The van der Waals surface area contributed by atoms with Crippen LogP contribution in [0.15, 0.2) is 48.5 Å². The summed E-state index contributed by atoms with van der Waals surface area (Å²) in [6.07, 6.45) is 3.47. The van der Waals surface area contributed by atoms with Gasteiger partial charge in [0.25, 0.3) is 5.91 Å². The van der Waals surface area contributed by atoms with Gasteiger partial charge in [-0.15, -0.1) is 0 Å². The fourth-order valence-electron chi connectivity index (χ4n) is 3.40. The maximum atomic E-state index is 12.4. The van der Waals surface area contributed by atoms with E-state index in [1.807, 2.05) is 49.4 Å². The Morgan fingerprint density at radius 3 is 2.33 bits per heavy atom. The Morgan fingerprint density at radius 1 is 0.963 bits per heavy atom. The first-order valence-electron chi connectivity index (χ1n) is 9.46. The number of aryl methyl sites for hydroxylation is 1. The molecule has 0 aromatic heterocycles. The van der Waals surface area contributed by atoms with Gasteiger partial charge < -0.3 is 16.4 Å². The Balaban J connectivity index is 1.55. The van der Waals surface area contributed by atoms with E-state index in [0.29, 0.717) is 18.7 Å². The van der Waals surface area contributed by atoms with E-state index >= 15 is 0 Å². The van der Waals surface area contributed by atoms with E-state index in [9.17, 15) is 9.59 Å². The van der Waals surface area contributed by atoms with Crippen LogP contribution in [0.3, 0.4) is 0 Å². The molecule has 0 radical (unpaired) electrons. The third-order valence-corrected chi connectivity index (χ3v) is 5.16. The van der Waals surface area contributed by atoms with Crippen LogP contribution < -0.4 is 16.4 Å². The minimum atomic E-state index is -0.733. The Bertz CT molecular complexity index is 809. The van der Waals surface area contributed by atoms with Crippen molar-refractivity contribution in [2.45, 2.75) is 51.2 Å². The van der Waals surface area contributed by atoms with Gasteiger partial charge in [-0.2, -0.15) is 0 Å². The van der Waals surface area contributed by atoms with Crippen LogP contribution in [-0.2, 0) is 17.9 Å². The van der Waals surface area contributed by atoms with Crippen LogP contribution in [0.4, 0.5) is 0 Å². The van der Waals surface area contributed by atoms with Crippen molar-refractivity contribution in [1.29, 1.82) is 0 Å². The topological polar surface area (TPSA) is 84.2 Å². The number of carbonyl (C=O) groups is 2. The number of rotatable bonds is 6. The Hall–Kier alpha value is -2.66. The van der Waals surface area contributed by atoms with Crippen LogP contribution in [0.2, 0.25) is 0 Å². The normalized spacial score (nSPS) is 15.3. The third-order valence-electron chi connectivity index (χ3n) is 5.16. The second-order valence-corrected chi connectivity index (χ2v) is 7.41. The zero-order valence-corrected chi connectivity index (χ0v) is 15.8. The molecule has 5 heteroatoms. The van der Waals surface area contributed by atoms with Gasteiger partial charge in [-0.1, -0.05) is 54.8 Å². The quantitative estimate of drug-likeness (QED) is 0.736. The highest BCUT2D eigenvalue weighted by Gasteiger charge is 2.36. The van der Waals surface area contributed by atoms with Crippen LogP contribution >= 0.6 is 0 Å². The molecule has 0 heterocycles. The predicted molar refractivity (Wildman–Crippen MR) is 106 cm³/mol. The number of carbonyl (C=O) groups excluding carboxylic acids is 2. The zero-order valence-electron chi connectivity index (χ0n) is 15.8. The zero-order chi connectivity index (χ0) is 19.3. The molecule has 2 aromatic carbocycles. The molecule has 1 aliphatic rings. The maximum Gasteiger partial charge on any atom is 0.251 e. The van der Waals surface area contributed by atoms with Gasteiger partial charge in [-0.3, -0.25) is 9.59 Å². The van der Waals surface area contributed by atoms with Gasteiger partial charge in [0.05, 0.1) is 5.54 Å². The van der Waals surface area contributed by atoms with E-state index < -0.39 is 5.54 Å². The van der Waals surface area contributed by atoms with Gasteiger partial charge in [0.2, 0.25) is 5.91 Å². The number of amides is 2. The van der Waals surface area contributed by atoms with E-state index in [2.05, 4.69) is 10.6 Å². The summed E-state index contributed by atoms with van der Waals surface area (Å²) < 4.78 is 0. The molecule has 0 aliphatic heterocycles. The maximum absolute atomic E-state index is 12.4. The summed E-state index contributed by atoms with van der Waals surface area (Å²) >= 11 is 0. The predicted octanol–water partition coefficient (Wildman–Crippen LogP) is 2.81. The van der Waals surface area contributed by atoms with Gasteiger partial charge in [-0.25, -0.2) is 0 Å². The van der Waals surface area contributed by atoms with Crippen molar-refractivity contribution in [1.82, 2.24) is 10.6 Å². The largest absolute Gasteiger partial charge is 0.350 e. The Kier molecular flexibility index (Phi) is 5.91. The van der Waals surface area contributed by atoms with Gasteiger partial charge in [0, 0.05) is 18.7 Å². The number of benzene rings is 2. The highest BCUT2D eigenvalue weighted by Crippen LogP contribution is 2.27. The molecule has 142 valence electrons. The highest BCUT2D eigenvalue weighted by molar-refractivity contribution is 5.94. The average molecular weight is 365 g/mol. The number of nitrogens with two attached hydrogens (primary N) is 1. The van der Waals surface area contributed by atoms with E-state index in [-0.39, 0.29) is 11.8 Å². The molecular weight excluding hydrogens is 338 g/mol. The summed E-state index contributed by atoms with van der Waals surface area (Å²) in [5.41, 5.74) is 9.15. The molecule has 0 spiro atoms. The van der Waals surface area contributed by atoms with Gasteiger partial charge in [0.15, 0.2) is 0 Å². The lowest BCUT2D eigenvalue weighted by Gasteiger charge is -2.22. The van der Waals surface area contributed by atoms with Crippen molar-refractivity contribution in [2.24, 2.45) is 5.73 Å². The smallest absolute Gasteiger partial charge is 0.251 e. The van der Waals surface area contributed by atoms with Crippen molar-refractivity contribution in [3.63, 3.8) is 0 Å². The molecule has 2 amide bonds. The number of hydrogen-bond donors (Lipinski definition) is 3. The van der Waals surface area contributed by atoms with Crippen LogP contribution in [0.5, 0.6) is 0 Å². The van der Waals surface area contributed by atoms with Crippen molar-refractivity contribution in [3.05, 3.63) is 70.8 Å². The molecule has 5 nitrogen and oxygen atoms in total. The molecule has 27 heavy (non-hydrogen) atoms. The lowest BCUT2D eigenvalue weighted by atomic mass is 9.98. The lowest BCUT2D eigenvalue weighted by Crippen LogP contribution is -2.51. The van der Waals surface area contributed by atoms with E-state index in [0.717, 1.165) is 36.8 Å². The van der Waals surface area contributed by atoms with Crippen LogP contribution in [0.1, 0.15) is 52.7 Å². The monoisotopic (exact) mass is 365 g/mol. The lowest BCUT2D eigenvalue weighted by molar-refractivity contribution is -0.126. The fourth-order valence-corrected chi connectivity index (χ4v) is 3.40. The summed E-state index contributed by atoms with van der Waals surface area (Å²) in [4.78, 5) is 24.7. The molecule has 1 aliphatic carbocycles. The highest BCUT2D eigenvalue weighted by atomic mass is 16.2. The summed E-state index contributed by atoms with van der Waals surface area (Å²) in [6, 6.07) is 15.4. The van der Waals surface area contributed by atoms with Gasteiger partial charge in [-0.05, 0) is 43.0 Å². The summed E-state index contributed by atoms with van der Waals surface area (Å²) in [6.45, 7) is 2.89. The van der Waals surface area contributed by atoms with Crippen molar-refractivity contribution < 1.29 is 9.59 Å². The van der Waals surface area contributed by atoms with E-state index in [1.54, 1.807) is 6.07 Å². The molecule has 0 unspecified atom stereocenters. The number of nitrogens with one attached hydrogen (secondary N) is 2. The molecule has 0 saturated heterocycles. The van der Waals surface area contributed by atoms with Crippen LogP contribution in [0.25, 0.3) is 0 Å². The first-order valence-corrected chi connectivity index (χ1v) is 9.46. The Labute approximate surface area is 160 Å². The van der Waals surface area contributed by atoms with Crippen molar-refractivity contribution >= 4 is 11.8 Å². The molecule has 1 fully saturated rings. The van der Waals surface area contributed by atoms with Gasteiger partial charge in [0.1, 0.15) is 0 Å². The molecule has 3 rings (SSSR count). The van der Waals surface area contributed by atoms with E-state index in [4.69, 9.17) is 5.73 Å². The summed E-state index contributed by atoms with van der Waals surface area (Å²) in [5.74, 6) is -0.232.